The number of amides is 1. The van der Waals surface area contributed by atoms with Crippen LogP contribution in [0.2, 0.25) is 0 Å². The van der Waals surface area contributed by atoms with E-state index in [0.29, 0.717) is 11.6 Å². The number of halogens is 1. The lowest BCUT2D eigenvalue weighted by Gasteiger charge is -2.06. The first-order valence-electron chi connectivity index (χ1n) is 8.72. The highest BCUT2D eigenvalue weighted by Crippen LogP contribution is 2.26. The third-order valence-electron chi connectivity index (χ3n) is 4.06. The molecule has 12 heteroatoms. The molecule has 0 spiro atoms. The molecule has 0 saturated heterocycles. The van der Waals surface area contributed by atoms with Gasteiger partial charge in [-0.2, -0.15) is 4.98 Å². The smallest absolute Gasteiger partial charge is 0.436 e. The Morgan fingerprint density at radius 3 is 2.70 bits per heavy atom. The number of allylic oxidation sites excluding steroid dienone is 1. The van der Waals surface area contributed by atoms with E-state index >= 15 is 0 Å². The SMILES string of the molecule is C=Nc1nc(-c2cc(NC(=O)c3oc(C)nc3C)ccc2F)nn1/C=C(\C)B(O)O. The molecule has 0 saturated carbocycles. The van der Waals surface area contributed by atoms with Gasteiger partial charge >= 0.3 is 7.12 Å². The van der Waals surface area contributed by atoms with Gasteiger partial charge in [-0.25, -0.2) is 19.0 Å². The van der Waals surface area contributed by atoms with Gasteiger partial charge in [-0.05, 0) is 44.2 Å². The summed E-state index contributed by atoms with van der Waals surface area (Å²) in [6.45, 7) is 8.10. The van der Waals surface area contributed by atoms with Crippen LogP contribution in [-0.2, 0) is 0 Å². The number of nitrogens with zero attached hydrogens (tertiary/aromatic N) is 5. The Morgan fingerprint density at radius 1 is 1.37 bits per heavy atom. The number of benzene rings is 1. The van der Waals surface area contributed by atoms with Crippen molar-refractivity contribution < 1.29 is 23.7 Å². The molecule has 2 aromatic heterocycles. The molecule has 0 atom stereocenters. The Bertz CT molecular complexity index is 1150. The molecule has 0 bridgehead atoms. The summed E-state index contributed by atoms with van der Waals surface area (Å²) >= 11 is 0. The topological polar surface area (TPSA) is 139 Å². The number of nitrogens with one attached hydrogen (secondary N) is 1. The zero-order valence-corrected chi connectivity index (χ0v) is 16.4. The number of oxazole rings is 1. The fourth-order valence-corrected chi connectivity index (χ4v) is 2.59. The quantitative estimate of drug-likeness (QED) is 0.417. The number of carbonyl (C=O) groups excluding carboxylic acids is 1. The third-order valence-corrected chi connectivity index (χ3v) is 4.06. The van der Waals surface area contributed by atoms with E-state index in [0.717, 1.165) is 10.7 Å². The molecule has 154 valence electrons. The minimum atomic E-state index is -1.70. The van der Waals surface area contributed by atoms with Crippen LogP contribution in [0.15, 0.2) is 33.1 Å². The Morgan fingerprint density at radius 2 is 2.10 bits per heavy atom. The van der Waals surface area contributed by atoms with E-state index in [2.05, 4.69) is 32.1 Å². The maximum atomic E-state index is 14.4. The van der Waals surface area contributed by atoms with Gasteiger partial charge in [-0.1, -0.05) is 0 Å². The fraction of sp³-hybridized carbons (Fsp3) is 0.167. The molecule has 3 rings (SSSR count). The summed E-state index contributed by atoms with van der Waals surface area (Å²) in [7, 11) is -1.70. The van der Waals surface area contributed by atoms with Crippen LogP contribution in [0.3, 0.4) is 0 Å². The summed E-state index contributed by atoms with van der Waals surface area (Å²) in [6.07, 6.45) is 1.28. The molecular weight excluding hydrogens is 394 g/mol. The lowest BCUT2D eigenvalue weighted by Crippen LogP contribution is -2.13. The van der Waals surface area contributed by atoms with Gasteiger partial charge in [0.25, 0.3) is 11.9 Å². The van der Waals surface area contributed by atoms with Gasteiger partial charge in [0.15, 0.2) is 11.7 Å². The molecule has 10 nitrogen and oxygen atoms in total. The predicted octanol–water partition coefficient (Wildman–Crippen LogP) is 2.15. The van der Waals surface area contributed by atoms with Crippen molar-refractivity contribution in [2.24, 2.45) is 4.99 Å². The van der Waals surface area contributed by atoms with Gasteiger partial charge in [-0.3, -0.25) is 4.79 Å². The van der Waals surface area contributed by atoms with Crippen LogP contribution >= 0.6 is 0 Å². The van der Waals surface area contributed by atoms with Gasteiger partial charge < -0.3 is 19.8 Å². The van der Waals surface area contributed by atoms with E-state index in [9.17, 15) is 19.2 Å². The minimum absolute atomic E-state index is 0.00229. The van der Waals surface area contributed by atoms with Crippen molar-refractivity contribution in [3.8, 4) is 11.4 Å². The molecule has 1 aromatic carbocycles. The highest BCUT2D eigenvalue weighted by molar-refractivity contribution is 6.51. The summed E-state index contributed by atoms with van der Waals surface area (Å²) in [5, 5.41) is 25.2. The van der Waals surface area contributed by atoms with Crippen molar-refractivity contribution in [1.82, 2.24) is 19.7 Å². The number of anilines is 1. The number of hydrogen-bond donors (Lipinski definition) is 3. The summed E-state index contributed by atoms with van der Waals surface area (Å²) in [5.41, 5.74) is 0.877. The number of carbonyl (C=O) groups is 1. The average Bonchev–Trinajstić information content (AvgIpc) is 3.25. The Hall–Kier alpha value is -3.64. The van der Waals surface area contributed by atoms with E-state index < -0.39 is 18.8 Å². The zero-order valence-electron chi connectivity index (χ0n) is 16.4. The van der Waals surface area contributed by atoms with Crippen molar-refractivity contribution in [2.45, 2.75) is 20.8 Å². The van der Waals surface area contributed by atoms with Crippen LogP contribution in [0.5, 0.6) is 0 Å². The second-order valence-corrected chi connectivity index (χ2v) is 6.38. The minimum Gasteiger partial charge on any atom is -0.436 e. The molecule has 0 aliphatic heterocycles. The van der Waals surface area contributed by atoms with Gasteiger partial charge in [0.1, 0.15) is 5.82 Å². The highest BCUT2D eigenvalue weighted by Gasteiger charge is 2.19. The summed E-state index contributed by atoms with van der Waals surface area (Å²) < 4.78 is 20.9. The van der Waals surface area contributed by atoms with Crippen molar-refractivity contribution in [3.05, 3.63) is 46.8 Å². The monoisotopic (exact) mass is 412 g/mol. The molecule has 0 radical (unpaired) electrons. The van der Waals surface area contributed by atoms with Crippen molar-refractivity contribution in [2.75, 3.05) is 5.32 Å². The Kier molecular flexibility index (Phi) is 5.90. The number of rotatable bonds is 6. The standard InChI is InChI=1S/C18H18BFN6O4/c1-9(19(28)29)8-26-18(21-4)24-16(25-26)13-7-12(5-6-14(13)20)23-17(27)15-10(2)22-11(3)30-15/h5-8,28-29H,4H2,1-3H3,(H,23,27)/b9-8+. The van der Waals surface area contributed by atoms with Crippen molar-refractivity contribution in [3.63, 3.8) is 0 Å². The molecule has 0 fully saturated rings. The zero-order chi connectivity index (χ0) is 22.0. The maximum Gasteiger partial charge on any atom is 0.485 e. The molecule has 3 N–H and O–H groups in total. The number of hydrogen-bond acceptors (Lipinski definition) is 8. The molecule has 0 unspecified atom stereocenters. The Balaban J connectivity index is 1.95. The summed E-state index contributed by atoms with van der Waals surface area (Å²) in [4.78, 5) is 24.3. The molecule has 0 aliphatic rings. The van der Waals surface area contributed by atoms with Gasteiger partial charge in [0, 0.05) is 18.8 Å². The number of aromatic nitrogens is 4. The van der Waals surface area contributed by atoms with Crippen LogP contribution in [0, 0.1) is 19.7 Å². The fourth-order valence-electron chi connectivity index (χ4n) is 2.59. The molecule has 30 heavy (non-hydrogen) atoms. The second-order valence-electron chi connectivity index (χ2n) is 6.38. The molecule has 0 aliphatic carbocycles. The van der Waals surface area contributed by atoms with Crippen LogP contribution in [0.1, 0.15) is 29.1 Å². The number of aliphatic imine (C=N–C) groups is 1. The molecule has 2 heterocycles. The van der Waals surface area contributed by atoms with E-state index in [1.54, 1.807) is 13.8 Å². The highest BCUT2D eigenvalue weighted by atomic mass is 19.1. The van der Waals surface area contributed by atoms with Gasteiger partial charge in [0.05, 0.1) is 11.3 Å². The normalized spacial score (nSPS) is 11.5. The lowest BCUT2D eigenvalue weighted by atomic mass is 9.81. The van der Waals surface area contributed by atoms with Crippen molar-refractivity contribution >= 4 is 37.6 Å². The van der Waals surface area contributed by atoms with E-state index in [4.69, 9.17) is 4.42 Å². The predicted molar refractivity (Wildman–Crippen MR) is 109 cm³/mol. The molecular formula is C18H18BFN6O4. The van der Waals surface area contributed by atoms with E-state index in [1.165, 1.54) is 25.3 Å². The molecule has 3 aromatic rings. The summed E-state index contributed by atoms with van der Waals surface area (Å²) in [6, 6.07) is 3.89. The van der Waals surface area contributed by atoms with Crippen LogP contribution in [0.4, 0.5) is 16.0 Å². The van der Waals surface area contributed by atoms with Crippen LogP contribution in [0.25, 0.3) is 17.6 Å². The largest absolute Gasteiger partial charge is 0.485 e. The Labute approximate surface area is 171 Å². The molecule has 1 amide bonds. The van der Waals surface area contributed by atoms with E-state index in [-0.39, 0.29) is 34.3 Å². The van der Waals surface area contributed by atoms with Crippen molar-refractivity contribution in [1.29, 1.82) is 0 Å². The number of aryl methyl sites for hydroxylation is 2. The second kappa shape index (κ2) is 8.39. The average molecular weight is 412 g/mol. The first-order chi connectivity index (χ1) is 14.2. The first kappa shape index (κ1) is 21.1. The van der Waals surface area contributed by atoms with Gasteiger partial charge in [0.2, 0.25) is 5.76 Å². The lowest BCUT2D eigenvalue weighted by molar-refractivity contribution is 0.0994. The summed E-state index contributed by atoms with van der Waals surface area (Å²) in [5.74, 6) is -0.765. The van der Waals surface area contributed by atoms with Gasteiger partial charge in [-0.15, -0.1) is 5.10 Å². The van der Waals surface area contributed by atoms with Crippen LogP contribution in [-0.4, -0.2) is 49.5 Å². The third kappa shape index (κ3) is 4.34. The van der Waals surface area contributed by atoms with Crippen LogP contribution < -0.4 is 5.32 Å². The van der Waals surface area contributed by atoms with E-state index in [1.807, 2.05) is 0 Å². The maximum absolute atomic E-state index is 14.4. The first-order valence-corrected chi connectivity index (χ1v) is 8.72.